The van der Waals surface area contributed by atoms with Gasteiger partial charge < -0.3 is 4.74 Å². The van der Waals surface area contributed by atoms with Crippen molar-refractivity contribution in [2.24, 2.45) is 17.8 Å². The van der Waals surface area contributed by atoms with Crippen LogP contribution in [0, 0.1) is 29.6 Å². The Morgan fingerprint density at radius 2 is 1.66 bits per heavy atom. The molecule has 2 aliphatic carbocycles. The molecule has 0 bridgehead atoms. The van der Waals surface area contributed by atoms with Gasteiger partial charge in [-0.15, -0.1) is 0 Å². The molecule has 0 saturated heterocycles. The Hall–Kier alpha value is -1.68. The molecule has 2 saturated carbocycles. The van der Waals surface area contributed by atoms with Crippen LogP contribution in [0.25, 0.3) is 0 Å². The minimum absolute atomic E-state index is 0.587. The van der Waals surface area contributed by atoms with E-state index < -0.39 is 0 Å². The smallest absolute Gasteiger partial charge is 0.118 e. The van der Waals surface area contributed by atoms with Gasteiger partial charge in [-0.3, -0.25) is 0 Å². The summed E-state index contributed by atoms with van der Waals surface area (Å²) in [7, 11) is 1.73. The first-order chi connectivity index (χ1) is 14.3. The molecule has 1 aromatic rings. The van der Waals surface area contributed by atoms with E-state index in [9.17, 15) is 0 Å². The van der Waals surface area contributed by atoms with E-state index in [1.54, 1.807) is 7.11 Å². The van der Waals surface area contributed by atoms with Gasteiger partial charge in [0, 0.05) is 5.92 Å². The molecule has 158 valence electrons. The largest absolute Gasteiger partial charge is 0.497 e. The molecule has 0 unspecified atom stereocenters. The highest BCUT2D eigenvalue weighted by molar-refractivity contribution is 5.30. The minimum atomic E-state index is 0.587. The van der Waals surface area contributed by atoms with Crippen molar-refractivity contribution in [3.63, 3.8) is 0 Å². The lowest BCUT2D eigenvalue weighted by atomic mass is 9.79. The van der Waals surface area contributed by atoms with Crippen molar-refractivity contribution in [2.45, 2.75) is 89.9 Å². The topological polar surface area (TPSA) is 9.23 Å². The summed E-state index contributed by atoms with van der Waals surface area (Å²) < 4.78 is 5.27. The normalized spacial score (nSPS) is 27.4. The summed E-state index contributed by atoms with van der Waals surface area (Å²) in [6.07, 6.45) is 20.8. The van der Waals surface area contributed by atoms with Crippen LogP contribution in [0.1, 0.15) is 95.5 Å². The van der Waals surface area contributed by atoms with Crippen LogP contribution < -0.4 is 4.74 Å². The highest BCUT2D eigenvalue weighted by atomic mass is 16.5. The van der Waals surface area contributed by atoms with Crippen molar-refractivity contribution in [2.75, 3.05) is 7.11 Å². The second kappa shape index (κ2) is 12.1. The second-order valence-electron chi connectivity index (χ2n) is 9.25. The van der Waals surface area contributed by atoms with Crippen molar-refractivity contribution in [3.05, 3.63) is 42.0 Å². The summed E-state index contributed by atoms with van der Waals surface area (Å²) in [4.78, 5) is 0. The standard InChI is InChI=1S/C28H40O/c1-3-4-5-8-23-11-13-24(14-12-23)9-6-7-10-25-15-17-26(18-16-25)27-19-21-28(29-2)22-20-27/h6,9,19-26H,3-5,8,11-18H2,1-2H3/t23-,24-,25-,26-. The lowest BCUT2D eigenvalue weighted by Crippen LogP contribution is -2.13. The van der Waals surface area contributed by atoms with Gasteiger partial charge in [0.05, 0.1) is 7.11 Å². The Labute approximate surface area is 179 Å². The minimum Gasteiger partial charge on any atom is -0.497 e. The first-order valence-electron chi connectivity index (χ1n) is 12.1. The van der Waals surface area contributed by atoms with E-state index in [4.69, 9.17) is 4.74 Å². The lowest BCUT2D eigenvalue weighted by molar-refractivity contribution is 0.289. The maximum absolute atomic E-state index is 5.27. The Kier molecular flexibility index (Phi) is 9.20. The van der Waals surface area contributed by atoms with Crippen molar-refractivity contribution in [3.8, 4) is 17.6 Å². The maximum Gasteiger partial charge on any atom is 0.118 e. The summed E-state index contributed by atoms with van der Waals surface area (Å²) >= 11 is 0. The summed E-state index contributed by atoms with van der Waals surface area (Å²) in [6, 6.07) is 8.64. The van der Waals surface area contributed by atoms with Crippen LogP contribution in [0.2, 0.25) is 0 Å². The molecule has 0 radical (unpaired) electrons. The number of allylic oxidation sites excluding steroid dienone is 2. The van der Waals surface area contributed by atoms with Gasteiger partial charge in [0.15, 0.2) is 0 Å². The zero-order chi connectivity index (χ0) is 20.3. The maximum atomic E-state index is 5.27. The van der Waals surface area contributed by atoms with E-state index in [-0.39, 0.29) is 0 Å². The monoisotopic (exact) mass is 392 g/mol. The summed E-state index contributed by atoms with van der Waals surface area (Å²) in [5.74, 6) is 10.9. The molecule has 0 aromatic heterocycles. The van der Waals surface area contributed by atoms with Gasteiger partial charge >= 0.3 is 0 Å². The fraction of sp³-hybridized carbons (Fsp3) is 0.643. The zero-order valence-corrected chi connectivity index (χ0v) is 18.7. The van der Waals surface area contributed by atoms with Crippen LogP contribution in [0.15, 0.2) is 36.4 Å². The number of methoxy groups -OCH3 is 1. The summed E-state index contributed by atoms with van der Waals surface area (Å²) in [5, 5.41) is 0. The molecule has 0 spiro atoms. The average Bonchev–Trinajstić information content (AvgIpc) is 2.78. The quantitative estimate of drug-likeness (QED) is 0.338. The van der Waals surface area contributed by atoms with Gasteiger partial charge in [-0.2, -0.15) is 0 Å². The van der Waals surface area contributed by atoms with Crippen molar-refractivity contribution >= 4 is 0 Å². The molecular weight excluding hydrogens is 352 g/mol. The second-order valence-corrected chi connectivity index (χ2v) is 9.25. The fourth-order valence-corrected chi connectivity index (χ4v) is 5.15. The van der Waals surface area contributed by atoms with Crippen LogP contribution in [-0.2, 0) is 0 Å². The van der Waals surface area contributed by atoms with Crippen LogP contribution in [0.5, 0.6) is 5.75 Å². The van der Waals surface area contributed by atoms with Crippen LogP contribution in [0.3, 0.4) is 0 Å². The van der Waals surface area contributed by atoms with Crippen molar-refractivity contribution in [1.82, 2.24) is 0 Å². The molecule has 1 heteroatoms. The molecule has 0 heterocycles. The third-order valence-corrected chi connectivity index (χ3v) is 7.16. The van der Waals surface area contributed by atoms with Crippen molar-refractivity contribution < 1.29 is 4.74 Å². The van der Waals surface area contributed by atoms with Gasteiger partial charge in [-0.05, 0) is 92.9 Å². The van der Waals surface area contributed by atoms with E-state index in [1.807, 2.05) is 0 Å². The Bertz CT molecular complexity index is 659. The van der Waals surface area contributed by atoms with E-state index >= 15 is 0 Å². The van der Waals surface area contributed by atoms with Crippen LogP contribution in [-0.4, -0.2) is 7.11 Å². The average molecular weight is 393 g/mol. The van der Waals surface area contributed by atoms with E-state index in [1.165, 1.54) is 82.6 Å². The number of rotatable bonds is 7. The number of ether oxygens (including phenoxy) is 1. The summed E-state index contributed by atoms with van der Waals surface area (Å²) in [6.45, 7) is 2.30. The molecule has 2 aliphatic rings. The third kappa shape index (κ3) is 7.26. The Morgan fingerprint density at radius 3 is 2.31 bits per heavy atom. The Morgan fingerprint density at radius 1 is 0.931 bits per heavy atom. The first kappa shape index (κ1) is 22.0. The number of unbranched alkanes of at least 4 members (excludes halogenated alkanes) is 2. The molecular formula is C28H40O. The van der Waals surface area contributed by atoms with E-state index in [2.05, 4.69) is 55.2 Å². The highest BCUT2D eigenvalue weighted by Crippen LogP contribution is 2.36. The molecule has 2 fully saturated rings. The Balaban J connectivity index is 1.35. The molecule has 3 rings (SSSR count). The third-order valence-electron chi connectivity index (χ3n) is 7.16. The SMILES string of the molecule is CCCCC[C@H]1CC[C@H](C=CC#C[C@H]2CC[C@H](c3ccc(OC)cc3)CC2)CC1. The predicted octanol–water partition coefficient (Wildman–Crippen LogP) is 7.92. The lowest BCUT2D eigenvalue weighted by Gasteiger charge is -2.26. The van der Waals surface area contributed by atoms with Gasteiger partial charge in [0.25, 0.3) is 0 Å². The molecule has 0 aliphatic heterocycles. The molecule has 1 nitrogen and oxygen atoms in total. The molecule has 29 heavy (non-hydrogen) atoms. The van der Waals surface area contributed by atoms with Gasteiger partial charge in [0.1, 0.15) is 5.75 Å². The summed E-state index contributed by atoms with van der Waals surface area (Å²) in [5.41, 5.74) is 1.46. The van der Waals surface area contributed by atoms with Crippen LogP contribution >= 0.6 is 0 Å². The van der Waals surface area contributed by atoms with Gasteiger partial charge in [0.2, 0.25) is 0 Å². The zero-order valence-electron chi connectivity index (χ0n) is 18.7. The predicted molar refractivity (Wildman–Crippen MR) is 124 cm³/mol. The highest BCUT2D eigenvalue weighted by Gasteiger charge is 2.21. The van der Waals surface area contributed by atoms with E-state index in [0.717, 1.165) is 17.6 Å². The van der Waals surface area contributed by atoms with Crippen LogP contribution in [0.4, 0.5) is 0 Å². The fourth-order valence-electron chi connectivity index (χ4n) is 5.15. The number of benzene rings is 1. The van der Waals surface area contributed by atoms with E-state index in [0.29, 0.717) is 11.8 Å². The molecule has 0 atom stereocenters. The first-order valence-corrected chi connectivity index (χ1v) is 12.1. The van der Waals surface area contributed by atoms with Gasteiger partial charge in [-0.25, -0.2) is 0 Å². The molecule has 0 N–H and O–H groups in total. The number of hydrogen-bond acceptors (Lipinski definition) is 1. The van der Waals surface area contributed by atoms with Gasteiger partial charge in [-0.1, -0.05) is 62.7 Å². The molecule has 0 amide bonds. The number of hydrogen-bond donors (Lipinski definition) is 0. The molecule has 1 aromatic carbocycles. The van der Waals surface area contributed by atoms with Crippen molar-refractivity contribution in [1.29, 1.82) is 0 Å².